The normalized spacial score (nSPS) is 14.1. The van der Waals surface area contributed by atoms with Crippen LogP contribution in [0.1, 0.15) is 47.4 Å². The zero-order chi connectivity index (χ0) is 24.1. The zero-order valence-electron chi connectivity index (χ0n) is 18.9. The molecule has 1 aromatic carbocycles. The lowest BCUT2D eigenvalue weighted by atomic mass is 9.95. The number of ether oxygens (including phenoxy) is 2. The molecule has 1 aliphatic rings. The number of esters is 2. The van der Waals surface area contributed by atoms with Crippen molar-refractivity contribution >= 4 is 35.0 Å². The molecule has 4 rings (SSSR count). The highest BCUT2D eigenvalue weighted by molar-refractivity contribution is 6.00. The third-order valence-electron chi connectivity index (χ3n) is 5.47. The van der Waals surface area contributed by atoms with Gasteiger partial charge in [-0.15, -0.1) is 14.8 Å². The molecule has 12 nitrogen and oxygen atoms in total. The molecule has 0 bridgehead atoms. The number of carbonyl (C=O) groups is 3. The summed E-state index contributed by atoms with van der Waals surface area (Å²) in [5.74, 6) is -0.835. The van der Waals surface area contributed by atoms with Crippen LogP contribution in [0, 0.1) is 5.92 Å². The lowest BCUT2D eigenvalue weighted by Gasteiger charge is -2.31. The van der Waals surface area contributed by atoms with E-state index in [4.69, 9.17) is 9.47 Å². The molecule has 1 fully saturated rings. The second kappa shape index (κ2) is 10.2. The number of piperidine rings is 1. The van der Waals surface area contributed by atoms with Gasteiger partial charge in [0.25, 0.3) is 0 Å². The minimum atomic E-state index is -0.579. The molecule has 0 unspecified atom stereocenters. The Labute approximate surface area is 195 Å². The van der Waals surface area contributed by atoms with Crippen molar-refractivity contribution in [1.29, 1.82) is 0 Å². The number of benzene rings is 1. The van der Waals surface area contributed by atoms with Crippen molar-refractivity contribution in [2.45, 2.75) is 26.7 Å². The number of carbonyl (C=O) groups excluding carboxylic acids is 3. The van der Waals surface area contributed by atoms with Crippen LogP contribution >= 0.6 is 0 Å². The molecule has 3 aromatic rings. The summed E-state index contributed by atoms with van der Waals surface area (Å²) in [6.45, 7) is 5.04. The van der Waals surface area contributed by atoms with Crippen LogP contribution < -0.4 is 10.2 Å². The van der Waals surface area contributed by atoms with Crippen LogP contribution in [-0.4, -0.2) is 69.4 Å². The van der Waals surface area contributed by atoms with E-state index >= 15 is 0 Å². The summed E-state index contributed by atoms with van der Waals surface area (Å²) in [5.41, 5.74) is 1.24. The molecule has 1 saturated heterocycles. The Kier molecular flexibility index (Phi) is 6.95. The minimum Gasteiger partial charge on any atom is -0.462 e. The second-order valence-electron chi connectivity index (χ2n) is 7.71. The van der Waals surface area contributed by atoms with E-state index < -0.39 is 11.9 Å². The third kappa shape index (κ3) is 5.11. The van der Waals surface area contributed by atoms with Crippen LogP contribution in [0.3, 0.4) is 0 Å². The lowest BCUT2D eigenvalue weighted by molar-refractivity contribution is -0.120. The Balaban J connectivity index is 1.43. The Morgan fingerprint density at radius 3 is 2.26 bits per heavy atom. The number of nitrogens with one attached hydrogen (secondary N) is 1. The fourth-order valence-electron chi connectivity index (χ4n) is 3.79. The van der Waals surface area contributed by atoms with E-state index in [9.17, 15) is 14.4 Å². The van der Waals surface area contributed by atoms with Crippen LogP contribution in [-0.2, 0) is 14.3 Å². The van der Waals surface area contributed by atoms with Crippen molar-refractivity contribution < 1.29 is 23.9 Å². The molecule has 1 amide bonds. The SMILES string of the molecule is CCOC(=O)c1cc(NC(=O)C2CCN(c3ccc4nnnn4n3)CC2)cc(C(=O)OCC)c1. The quantitative estimate of drug-likeness (QED) is 0.511. The first-order valence-electron chi connectivity index (χ1n) is 11.1. The van der Waals surface area contributed by atoms with E-state index in [0.717, 1.165) is 5.82 Å². The van der Waals surface area contributed by atoms with Gasteiger partial charge < -0.3 is 19.7 Å². The topological polar surface area (TPSA) is 141 Å². The summed E-state index contributed by atoms with van der Waals surface area (Å²) in [6.07, 6.45) is 1.23. The average molecular weight is 467 g/mol. The van der Waals surface area contributed by atoms with Gasteiger partial charge in [-0.2, -0.15) is 0 Å². The molecule has 2 aromatic heterocycles. The highest BCUT2D eigenvalue weighted by atomic mass is 16.5. The lowest BCUT2D eigenvalue weighted by Crippen LogP contribution is -2.38. The fraction of sp³-hybridized carbons (Fsp3) is 0.409. The van der Waals surface area contributed by atoms with E-state index in [1.54, 1.807) is 19.9 Å². The monoisotopic (exact) mass is 467 g/mol. The number of hydrogen-bond acceptors (Lipinski definition) is 10. The third-order valence-corrected chi connectivity index (χ3v) is 5.47. The molecule has 178 valence electrons. The van der Waals surface area contributed by atoms with Gasteiger partial charge >= 0.3 is 11.9 Å². The van der Waals surface area contributed by atoms with E-state index in [1.807, 2.05) is 6.07 Å². The summed E-state index contributed by atoms with van der Waals surface area (Å²) in [7, 11) is 0. The van der Waals surface area contributed by atoms with E-state index in [2.05, 4.69) is 30.8 Å². The van der Waals surface area contributed by atoms with Gasteiger partial charge in [0, 0.05) is 24.7 Å². The number of tetrazole rings is 1. The Morgan fingerprint density at radius 2 is 1.65 bits per heavy atom. The Hall–Kier alpha value is -4.09. The van der Waals surface area contributed by atoms with Gasteiger partial charge in [-0.3, -0.25) is 4.79 Å². The first kappa shape index (κ1) is 23.1. The van der Waals surface area contributed by atoms with Crippen molar-refractivity contribution in [3.8, 4) is 0 Å². The highest BCUT2D eigenvalue weighted by Gasteiger charge is 2.26. The predicted octanol–water partition coefficient (Wildman–Crippen LogP) is 1.73. The standard InChI is InChI=1S/C22H25N7O5/c1-3-33-21(31)15-11-16(22(32)34-4-2)13-17(12-15)23-20(30)14-7-9-28(10-8-14)19-6-5-18-24-26-27-29(18)25-19/h5-6,11-14H,3-4,7-10H2,1-2H3,(H,23,30). The number of nitrogens with zero attached hydrogens (tertiary/aromatic N) is 6. The number of amides is 1. The summed E-state index contributed by atoms with van der Waals surface area (Å²) in [6, 6.07) is 8.04. The van der Waals surface area contributed by atoms with Crippen molar-refractivity contribution in [1.82, 2.24) is 25.3 Å². The number of rotatable bonds is 7. The number of hydrogen-bond donors (Lipinski definition) is 1. The fourth-order valence-corrected chi connectivity index (χ4v) is 3.79. The molecule has 3 heterocycles. The van der Waals surface area contributed by atoms with E-state index in [-0.39, 0.29) is 36.2 Å². The molecule has 12 heteroatoms. The van der Waals surface area contributed by atoms with Crippen LogP contribution in [0.25, 0.3) is 5.65 Å². The molecule has 1 aliphatic heterocycles. The van der Waals surface area contributed by atoms with Crippen molar-refractivity contribution in [2.75, 3.05) is 36.5 Å². The maximum atomic E-state index is 13.0. The largest absolute Gasteiger partial charge is 0.462 e. The second-order valence-corrected chi connectivity index (χ2v) is 7.71. The molecule has 0 atom stereocenters. The van der Waals surface area contributed by atoms with Gasteiger partial charge in [-0.1, -0.05) is 0 Å². The Morgan fingerprint density at radius 1 is 1.00 bits per heavy atom. The molecular formula is C22H25N7O5. The van der Waals surface area contributed by atoms with Crippen molar-refractivity contribution in [3.05, 3.63) is 41.5 Å². The first-order valence-corrected chi connectivity index (χ1v) is 11.1. The summed E-state index contributed by atoms with van der Waals surface area (Å²) in [5, 5.41) is 18.5. The predicted molar refractivity (Wildman–Crippen MR) is 120 cm³/mol. The van der Waals surface area contributed by atoms with Gasteiger partial charge in [-0.05, 0) is 67.4 Å². The summed E-state index contributed by atoms with van der Waals surface area (Å²) < 4.78 is 11.5. The average Bonchev–Trinajstić information content (AvgIpc) is 3.32. The molecular weight excluding hydrogens is 442 g/mol. The van der Waals surface area contributed by atoms with Crippen molar-refractivity contribution in [3.63, 3.8) is 0 Å². The van der Waals surface area contributed by atoms with Gasteiger partial charge in [0.05, 0.1) is 24.3 Å². The Bertz CT molecular complexity index is 1170. The number of anilines is 2. The summed E-state index contributed by atoms with van der Waals surface area (Å²) in [4.78, 5) is 39.5. The van der Waals surface area contributed by atoms with Crippen molar-refractivity contribution in [2.24, 2.45) is 5.92 Å². The van der Waals surface area contributed by atoms with Gasteiger partial charge in [0.2, 0.25) is 5.91 Å². The molecule has 0 aliphatic carbocycles. The number of aromatic nitrogens is 5. The van der Waals surface area contributed by atoms with Gasteiger partial charge in [-0.25, -0.2) is 9.59 Å². The maximum absolute atomic E-state index is 13.0. The summed E-state index contributed by atoms with van der Waals surface area (Å²) >= 11 is 0. The molecule has 0 radical (unpaired) electrons. The number of fused-ring (bicyclic) bond motifs is 1. The molecule has 34 heavy (non-hydrogen) atoms. The smallest absolute Gasteiger partial charge is 0.338 e. The zero-order valence-corrected chi connectivity index (χ0v) is 18.9. The van der Waals surface area contributed by atoms with E-state index in [0.29, 0.717) is 37.3 Å². The maximum Gasteiger partial charge on any atom is 0.338 e. The van der Waals surface area contributed by atoms with Crippen LogP contribution in [0.5, 0.6) is 0 Å². The highest BCUT2D eigenvalue weighted by Crippen LogP contribution is 2.24. The first-order chi connectivity index (χ1) is 16.5. The van der Waals surface area contributed by atoms with Gasteiger partial charge in [0.1, 0.15) is 0 Å². The molecule has 0 spiro atoms. The molecule has 0 saturated carbocycles. The van der Waals surface area contributed by atoms with Crippen LogP contribution in [0.15, 0.2) is 30.3 Å². The molecule has 1 N–H and O–H groups in total. The van der Waals surface area contributed by atoms with Crippen LogP contribution in [0.2, 0.25) is 0 Å². The van der Waals surface area contributed by atoms with Crippen LogP contribution in [0.4, 0.5) is 11.5 Å². The van der Waals surface area contributed by atoms with E-state index in [1.165, 1.54) is 22.8 Å². The van der Waals surface area contributed by atoms with Gasteiger partial charge in [0.15, 0.2) is 11.5 Å². The minimum absolute atomic E-state index is 0.168.